The smallest absolute Gasteiger partial charge is 0.306 e. The molecule has 2 aromatic heterocycles. The standard InChI is InChI=1S/C24H24N6O6/c1-34-20-16(35-12-10-27-23(33)17-6-7-18(31)36-17)5-4-15-19(20)28-24(30-11-9-26-21(15)30)29-22(32)14-3-2-8-25-13-14/h2-5,8,13,17,26H,6-7,9-12H2,1H3,(H,27,33). The van der Waals surface area contributed by atoms with E-state index in [-0.39, 0.29) is 37.1 Å². The molecular weight excluding hydrogens is 468 g/mol. The number of nitrogens with one attached hydrogen (secondary N) is 2. The predicted molar refractivity (Wildman–Crippen MR) is 127 cm³/mol. The van der Waals surface area contributed by atoms with Crippen LogP contribution in [0.2, 0.25) is 0 Å². The Morgan fingerprint density at radius 1 is 1.33 bits per heavy atom. The second-order valence-corrected chi connectivity index (χ2v) is 8.15. The van der Waals surface area contributed by atoms with E-state index in [1.54, 1.807) is 24.4 Å². The van der Waals surface area contributed by atoms with Gasteiger partial charge < -0.3 is 24.8 Å². The normalized spacial score (nSPS) is 16.9. The van der Waals surface area contributed by atoms with E-state index in [2.05, 4.69) is 25.6 Å². The van der Waals surface area contributed by atoms with Crippen LogP contribution < -0.4 is 25.7 Å². The molecule has 0 spiro atoms. The van der Waals surface area contributed by atoms with Gasteiger partial charge in [0.15, 0.2) is 17.6 Å². The number of fused-ring (bicyclic) bond motifs is 3. The summed E-state index contributed by atoms with van der Waals surface area (Å²) >= 11 is 0. The van der Waals surface area contributed by atoms with E-state index in [1.807, 2.05) is 10.6 Å². The highest BCUT2D eigenvalue weighted by atomic mass is 16.6. The van der Waals surface area contributed by atoms with E-state index in [0.717, 1.165) is 11.2 Å². The van der Waals surface area contributed by atoms with Gasteiger partial charge >= 0.3 is 5.97 Å². The highest BCUT2D eigenvalue weighted by molar-refractivity contribution is 5.96. The predicted octanol–water partition coefficient (Wildman–Crippen LogP) is 0.807. The first kappa shape index (κ1) is 23.3. The molecule has 5 rings (SSSR count). The molecule has 1 unspecified atom stereocenters. The van der Waals surface area contributed by atoms with E-state index in [4.69, 9.17) is 14.2 Å². The van der Waals surface area contributed by atoms with Crippen molar-refractivity contribution in [2.24, 2.45) is 4.99 Å². The highest BCUT2D eigenvalue weighted by Crippen LogP contribution is 2.37. The summed E-state index contributed by atoms with van der Waals surface area (Å²) in [5.74, 6) is 0.414. The van der Waals surface area contributed by atoms with Crippen molar-refractivity contribution >= 4 is 34.5 Å². The number of pyridine rings is 1. The average Bonchev–Trinajstić information content (AvgIpc) is 3.56. The van der Waals surface area contributed by atoms with E-state index in [9.17, 15) is 14.4 Å². The summed E-state index contributed by atoms with van der Waals surface area (Å²) in [6, 6.07) is 6.94. The molecule has 0 aliphatic carbocycles. The Bertz CT molecular complexity index is 1400. The fourth-order valence-electron chi connectivity index (χ4n) is 4.15. The minimum Gasteiger partial charge on any atom is -0.491 e. The minimum atomic E-state index is -0.749. The molecule has 12 heteroatoms. The number of amides is 2. The SMILES string of the molecule is COc1c(OCCNC(=O)C2CCC(=O)O2)ccc2c3n(c(=NC(=O)c4cccnc4)nc12)CCN3. The van der Waals surface area contributed by atoms with Gasteiger partial charge in [0.2, 0.25) is 5.62 Å². The first-order valence-electron chi connectivity index (χ1n) is 11.5. The third-order valence-corrected chi connectivity index (χ3v) is 5.85. The van der Waals surface area contributed by atoms with Gasteiger partial charge in [-0.3, -0.25) is 23.9 Å². The molecule has 1 fully saturated rings. The van der Waals surface area contributed by atoms with Crippen molar-refractivity contribution in [3.05, 3.63) is 47.8 Å². The van der Waals surface area contributed by atoms with Crippen molar-refractivity contribution in [2.45, 2.75) is 25.5 Å². The number of carbonyl (C=O) groups is 3. The van der Waals surface area contributed by atoms with Gasteiger partial charge in [0.25, 0.3) is 11.8 Å². The van der Waals surface area contributed by atoms with Gasteiger partial charge in [-0.1, -0.05) is 0 Å². The number of esters is 1. The zero-order chi connectivity index (χ0) is 25.1. The molecule has 1 saturated heterocycles. The number of anilines is 1. The molecule has 2 aliphatic heterocycles. The van der Waals surface area contributed by atoms with Crippen molar-refractivity contribution in [3.63, 3.8) is 0 Å². The summed E-state index contributed by atoms with van der Waals surface area (Å²) in [7, 11) is 1.50. The molecule has 2 N–H and O–H groups in total. The second kappa shape index (κ2) is 10.0. The summed E-state index contributed by atoms with van der Waals surface area (Å²) in [6.45, 7) is 1.64. The van der Waals surface area contributed by atoms with Crippen LogP contribution in [0.5, 0.6) is 11.5 Å². The van der Waals surface area contributed by atoms with Crippen molar-refractivity contribution < 1.29 is 28.6 Å². The second-order valence-electron chi connectivity index (χ2n) is 8.15. The number of hydrogen-bond acceptors (Lipinski definition) is 9. The zero-order valence-electron chi connectivity index (χ0n) is 19.5. The fraction of sp³-hybridized carbons (Fsp3) is 0.333. The summed E-state index contributed by atoms with van der Waals surface area (Å²) in [5.41, 5.74) is 1.08. The van der Waals surface area contributed by atoms with Crippen molar-refractivity contribution in [1.82, 2.24) is 19.9 Å². The lowest BCUT2D eigenvalue weighted by Crippen LogP contribution is -2.36. The number of nitrogens with zero attached hydrogens (tertiary/aromatic N) is 4. The summed E-state index contributed by atoms with van der Waals surface area (Å²) in [6.07, 6.45) is 2.92. The van der Waals surface area contributed by atoms with Crippen LogP contribution in [0.4, 0.5) is 5.82 Å². The van der Waals surface area contributed by atoms with Crippen LogP contribution in [0.25, 0.3) is 10.9 Å². The van der Waals surface area contributed by atoms with E-state index < -0.39 is 12.0 Å². The highest BCUT2D eigenvalue weighted by Gasteiger charge is 2.29. The van der Waals surface area contributed by atoms with Crippen LogP contribution in [0.3, 0.4) is 0 Å². The largest absolute Gasteiger partial charge is 0.491 e. The van der Waals surface area contributed by atoms with Gasteiger partial charge in [-0.2, -0.15) is 4.99 Å². The lowest BCUT2D eigenvalue weighted by atomic mass is 10.2. The van der Waals surface area contributed by atoms with Gasteiger partial charge in [-0.05, 0) is 24.3 Å². The fourth-order valence-corrected chi connectivity index (χ4v) is 4.15. The minimum absolute atomic E-state index is 0.156. The molecule has 0 bridgehead atoms. The van der Waals surface area contributed by atoms with Crippen LogP contribution >= 0.6 is 0 Å². The summed E-state index contributed by atoms with van der Waals surface area (Å²) in [4.78, 5) is 48.9. The number of aromatic nitrogens is 3. The lowest BCUT2D eigenvalue weighted by molar-refractivity contribution is -0.148. The molecule has 2 amide bonds. The third kappa shape index (κ3) is 4.57. The Hall–Kier alpha value is -4.48. The van der Waals surface area contributed by atoms with Gasteiger partial charge in [0.05, 0.1) is 19.2 Å². The Morgan fingerprint density at radius 3 is 2.97 bits per heavy atom. The first-order chi connectivity index (χ1) is 17.5. The van der Waals surface area contributed by atoms with Crippen molar-refractivity contribution in [3.8, 4) is 11.5 Å². The number of cyclic esters (lactones) is 1. The van der Waals surface area contributed by atoms with Crippen molar-refractivity contribution in [2.75, 3.05) is 32.1 Å². The van der Waals surface area contributed by atoms with E-state index >= 15 is 0 Å². The average molecular weight is 492 g/mol. The number of benzene rings is 1. The van der Waals surface area contributed by atoms with Crippen molar-refractivity contribution in [1.29, 1.82) is 0 Å². The molecule has 12 nitrogen and oxygen atoms in total. The summed E-state index contributed by atoms with van der Waals surface area (Å²) < 4.78 is 18.3. The van der Waals surface area contributed by atoms with Crippen LogP contribution in [0, 0.1) is 0 Å². The van der Waals surface area contributed by atoms with Gasteiger partial charge in [-0.15, -0.1) is 0 Å². The lowest BCUT2D eigenvalue weighted by Gasteiger charge is -2.15. The number of hydrogen-bond donors (Lipinski definition) is 2. The Labute approximate surface area is 205 Å². The Balaban J connectivity index is 1.40. The van der Waals surface area contributed by atoms with Crippen LogP contribution in [0.15, 0.2) is 41.7 Å². The zero-order valence-corrected chi connectivity index (χ0v) is 19.5. The molecule has 3 aromatic rings. The van der Waals surface area contributed by atoms with Gasteiger partial charge in [-0.25, -0.2) is 4.98 Å². The molecule has 0 saturated carbocycles. The molecular formula is C24H24N6O6. The number of rotatable bonds is 7. The maximum atomic E-state index is 12.7. The number of carbonyl (C=O) groups excluding carboxylic acids is 3. The van der Waals surface area contributed by atoms with Gasteiger partial charge in [0, 0.05) is 43.7 Å². The van der Waals surface area contributed by atoms with Crippen LogP contribution in [-0.2, 0) is 20.9 Å². The Kier molecular flexibility index (Phi) is 6.48. The maximum Gasteiger partial charge on any atom is 0.306 e. The molecule has 36 heavy (non-hydrogen) atoms. The van der Waals surface area contributed by atoms with Gasteiger partial charge in [0.1, 0.15) is 17.9 Å². The maximum absolute atomic E-state index is 12.7. The number of ether oxygens (including phenoxy) is 3. The number of methoxy groups -OCH3 is 1. The monoisotopic (exact) mass is 492 g/mol. The van der Waals surface area contributed by atoms with Crippen LogP contribution in [-0.4, -0.2) is 65.2 Å². The third-order valence-electron chi connectivity index (χ3n) is 5.85. The molecule has 186 valence electrons. The topological polar surface area (TPSA) is 146 Å². The molecule has 4 heterocycles. The molecule has 0 radical (unpaired) electrons. The molecule has 1 aromatic carbocycles. The van der Waals surface area contributed by atoms with E-state index in [1.165, 1.54) is 13.3 Å². The first-order valence-corrected chi connectivity index (χ1v) is 11.5. The molecule has 2 aliphatic rings. The quantitative estimate of drug-likeness (QED) is 0.361. The Morgan fingerprint density at radius 2 is 2.22 bits per heavy atom. The molecule has 1 atom stereocenters. The van der Waals surface area contributed by atoms with E-state index in [0.29, 0.717) is 42.1 Å². The summed E-state index contributed by atoms with van der Waals surface area (Å²) in [5, 5.41) is 6.82. The van der Waals surface area contributed by atoms with Crippen LogP contribution in [0.1, 0.15) is 23.2 Å².